The average Bonchev–Trinajstić information content (AvgIpc) is 3.13. The quantitative estimate of drug-likeness (QED) is 0.738. The van der Waals surface area contributed by atoms with Crippen molar-refractivity contribution in [2.24, 2.45) is 0 Å². The SMILES string of the molecule is Cc1oc(CNC(=O)C(C)NC(=O)c2ccco2)cc1C(=O)O. The third kappa shape index (κ3) is 4.00. The minimum absolute atomic E-state index is 0.0217. The minimum Gasteiger partial charge on any atom is -0.478 e. The van der Waals surface area contributed by atoms with Crippen LogP contribution in [0.5, 0.6) is 0 Å². The summed E-state index contributed by atoms with van der Waals surface area (Å²) in [4.78, 5) is 34.6. The Labute approximate surface area is 131 Å². The molecule has 3 N–H and O–H groups in total. The maximum atomic E-state index is 11.9. The number of carboxylic acids is 1. The molecule has 2 aromatic rings. The molecule has 0 spiro atoms. The summed E-state index contributed by atoms with van der Waals surface area (Å²) in [5.74, 6) is -1.34. The molecular weight excluding hydrogens is 304 g/mol. The lowest BCUT2D eigenvalue weighted by Crippen LogP contribution is -2.44. The first kappa shape index (κ1) is 16.3. The van der Waals surface area contributed by atoms with Gasteiger partial charge in [-0.15, -0.1) is 0 Å². The Kier molecular flexibility index (Phi) is 4.85. The average molecular weight is 320 g/mol. The molecule has 0 aliphatic rings. The molecule has 0 aliphatic heterocycles. The van der Waals surface area contributed by atoms with E-state index in [0.29, 0.717) is 5.76 Å². The summed E-state index contributed by atoms with van der Waals surface area (Å²) in [6.07, 6.45) is 1.36. The van der Waals surface area contributed by atoms with Gasteiger partial charge >= 0.3 is 5.97 Å². The van der Waals surface area contributed by atoms with Gasteiger partial charge in [0.25, 0.3) is 5.91 Å². The van der Waals surface area contributed by atoms with Crippen molar-refractivity contribution in [3.8, 4) is 0 Å². The van der Waals surface area contributed by atoms with Gasteiger partial charge in [0.05, 0.1) is 12.8 Å². The molecule has 2 heterocycles. The molecule has 0 fully saturated rings. The summed E-state index contributed by atoms with van der Waals surface area (Å²) in [5, 5.41) is 14.0. The molecule has 0 radical (unpaired) electrons. The predicted molar refractivity (Wildman–Crippen MR) is 77.9 cm³/mol. The second-order valence-corrected chi connectivity index (χ2v) is 4.88. The van der Waals surface area contributed by atoms with Crippen molar-refractivity contribution in [2.75, 3.05) is 0 Å². The molecule has 23 heavy (non-hydrogen) atoms. The molecule has 8 heteroatoms. The number of aromatic carboxylic acids is 1. The van der Waals surface area contributed by atoms with Crippen molar-refractivity contribution in [1.82, 2.24) is 10.6 Å². The zero-order valence-electron chi connectivity index (χ0n) is 12.6. The molecule has 0 saturated heterocycles. The molecule has 2 rings (SSSR count). The van der Waals surface area contributed by atoms with Crippen LogP contribution >= 0.6 is 0 Å². The highest BCUT2D eigenvalue weighted by Crippen LogP contribution is 2.14. The molecule has 1 atom stereocenters. The van der Waals surface area contributed by atoms with Crippen LogP contribution in [0.1, 0.15) is 39.4 Å². The third-order valence-electron chi connectivity index (χ3n) is 3.12. The van der Waals surface area contributed by atoms with Crippen molar-refractivity contribution in [3.05, 3.63) is 47.3 Å². The van der Waals surface area contributed by atoms with E-state index in [1.54, 1.807) is 6.07 Å². The van der Waals surface area contributed by atoms with Crippen LogP contribution in [0.3, 0.4) is 0 Å². The number of carbonyl (C=O) groups excluding carboxylic acids is 2. The number of hydrogen-bond donors (Lipinski definition) is 3. The molecular formula is C15H16N2O6. The van der Waals surface area contributed by atoms with E-state index >= 15 is 0 Å². The fourth-order valence-electron chi connectivity index (χ4n) is 1.91. The highest BCUT2D eigenvalue weighted by atomic mass is 16.4. The fraction of sp³-hybridized carbons (Fsp3) is 0.267. The minimum atomic E-state index is -1.09. The molecule has 0 saturated carbocycles. The predicted octanol–water partition coefficient (Wildman–Crippen LogP) is 1.31. The van der Waals surface area contributed by atoms with E-state index < -0.39 is 23.8 Å². The van der Waals surface area contributed by atoms with Crippen LogP contribution in [0.25, 0.3) is 0 Å². The van der Waals surface area contributed by atoms with Crippen LogP contribution in [0.2, 0.25) is 0 Å². The summed E-state index contributed by atoms with van der Waals surface area (Å²) in [5.41, 5.74) is 0.0495. The Bertz CT molecular complexity index is 716. The molecule has 0 aromatic carbocycles. The summed E-state index contributed by atoms with van der Waals surface area (Å²) in [7, 11) is 0. The van der Waals surface area contributed by atoms with Crippen LogP contribution in [0.4, 0.5) is 0 Å². The van der Waals surface area contributed by atoms with Gasteiger partial charge in [-0.3, -0.25) is 9.59 Å². The van der Waals surface area contributed by atoms with Crippen molar-refractivity contribution in [1.29, 1.82) is 0 Å². The Hall–Kier alpha value is -3.03. The Morgan fingerprint density at radius 3 is 2.65 bits per heavy atom. The lowest BCUT2D eigenvalue weighted by molar-refractivity contribution is -0.122. The van der Waals surface area contributed by atoms with Crippen LogP contribution in [-0.4, -0.2) is 28.9 Å². The fourth-order valence-corrected chi connectivity index (χ4v) is 1.91. The van der Waals surface area contributed by atoms with E-state index in [1.165, 1.54) is 32.2 Å². The summed E-state index contributed by atoms with van der Waals surface area (Å²) >= 11 is 0. The van der Waals surface area contributed by atoms with Gasteiger partial charge in [-0.25, -0.2) is 4.79 Å². The lowest BCUT2D eigenvalue weighted by Gasteiger charge is -2.12. The van der Waals surface area contributed by atoms with E-state index in [9.17, 15) is 14.4 Å². The van der Waals surface area contributed by atoms with Crippen molar-refractivity contribution < 1.29 is 28.3 Å². The summed E-state index contributed by atoms with van der Waals surface area (Å²) < 4.78 is 10.2. The number of amides is 2. The van der Waals surface area contributed by atoms with Crippen LogP contribution in [0, 0.1) is 6.92 Å². The van der Waals surface area contributed by atoms with Gasteiger partial charge in [0, 0.05) is 0 Å². The van der Waals surface area contributed by atoms with Crippen LogP contribution < -0.4 is 10.6 Å². The highest BCUT2D eigenvalue weighted by molar-refractivity contribution is 5.95. The molecule has 0 aliphatic carbocycles. The van der Waals surface area contributed by atoms with Crippen molar-refractivity contribution in [3.63, 3.8) is 0 Å². The second kappa shape index (κ2) is 6.82. The number of carbonyl (C=O) groups is 3. The van der Waals surface area contributed by atoms with Gasteiger partial charge < -0.3 is 24.6 Å². The number of hydrogen-bond acceptors (Lipinski definition) is 5. The van der Waals surface area contributed by atoms with Gasteiger partial charge in [-0.05, 0) is 32.0 Å². The Morgan fingerprint density at radius 1 is 1.35 bits per heavy atom. The Morgan fingerprint density at radius 2 is 2.09 bits per heavy atom. The number of rotatable bonds is 6. The maximum Gasteiger partial charge on any atom is 0.339 e. The second-order valence-electron chi connectivity index (χ2n) is 4.88. The summed E-state index contributed by atoms with van der Waals surface area (Å²) in [6, 6.07) is 3.62. The molecule has 0 bridgehead atoms. The van der Waals surface area contributed by atoms with Crippen LogP contribution in [0.15, 0.2) is 33.3 Å². The van der Waals surface area contributed by atoms with Gasteiger partial charge in [0.2, 0.25) is 5.91 Å². The molecule has 1 unspecified atom stereocenters. The number of furan rings is 2. The number of carboxylic acid groups (broad SMARTS) is 1. The highest BCUT2D eigenvalue weighted by Gasteiger charge is 2.19. The third-order valence-corrected chi connectivity index (χ3v) is 3.12. The first-order valence-electron chi connectivity index (χ1n) is 6.83. The molecule has 122 valence electrons. The molecule has 8 nitrogen and oxygen atoms in total. The van der Waals surface area contributed by atoms with Crippen LogP contribution in [-0.2, 0) is 11.3 Å². The topological polar surface area (TPSA) is 122 Å². The number of nitrogens with one attached hydrogen (secondary N) is 2. The van der Waals surface area contributed by atoms with Gasteiger partial charge in [0.1, 0.15) is 23.1 Å². The van der Waals surface area contributed by atoms with Gasteiger partial charge in [-0.2, -0.15) is 0 Å². The van der Waals surface area contributed by atoms with E-state index in [0.717, 1.165) is 0 Å². The van der Waals surface area contributed by atoms with E-state index in [4.69, 9.17) is 13.9 Å². The van der Waals surface area contributed by atoms with Gasteiger partial charge in [-0.1, -0.05) is 0 Å². The zero-order chi connectivity index (χ0) is 17.0. The molecule has 2 aromatic heterocycles. The van der Waals surface area contributed by atoms with E-state index in [-0.39, 0.29) is 23.6 Å². The Balaban J connectivity index is 1.88. The smallest absolute Gasteiger partial charge is 0.339 e. The normalized spacial score (nSPS) is 11.7. The van der Waals surface area contributed by atoms with E-state index in [2.05, 4.69) is 10.6 Å². The van der Waals surface area contributed by atoms with Gasteiger partial charge in [0.15, 0.2) is 5.76 Å². The first-order valence-corrected chi connectivity index (χ1v) is 6.83. The van der Waals surface area contributed by atoms with Crippen molar-refractivity contribution >= 4 is 17.8 Å². The zero-order valence-corrected chi connectivity index (χ0v) is 12.6. The molecule has 2 amide bonds. The lowest BCUT2D eigenvalue weighted by atomic mass is 10.2. The largest absolute Gasteiger partial charge is 0.478 e. The van der Waals surface area contributed by atoms with Crippen molar-refractivity contribution in [2.45, 2.75) is 26.4 Å². The monoisotopic (exact) mass is 320 g/mol. The standard InChI is InChI=1S/C15H16N2O6/c1-8(17-14(19)12-4-3-5-22-12)13(18)16-7-10-6-11(15(20)21)9(2)23-10/h3-6,8H,7H2,1-2H3,(H,16,18)(H,17,19)(H,20,21). The maximum absolute atomic E-state index is 11.9. The number of aryl methyl sites for hydroxylation is 1. The summed E-state index contributed by atoms with van der Waals surface area (Å²) in [6.45, 7) is 3.07. The first-order chi connectivity index (χ1) is 10.9. The van der Waals surface area contributed by atoms with E-state index in [1.807, 2.05) is 0 Å².